The minimum atomic E-state index is -0.742. The van der Waals surface area contributed by atoms with Crippen LogP contribution in [0.2, 0.25) is 0 Å². The molecule has 2 aromatic carbocycles. The molecule has 3 aromatic rings. The molecule has 3 atom stereocenters. The molecule has 10 heteroatoms. The fourth-order valence-electron chi connectivity index (χ4n) is 4.58. The van der Waals surface area contributed by atoms with Crippen molar-refractivity contribution in [2.24, 2.45) is 23.7 Å². The number of carbonyl (C=O) groups excluding carboxylic acids is 3. The molecule has 2 N–H and O–H groups in total. The Morgan fingerprint density at radius 1 is 0.977 bits per heavy atom. The van der Waals surface area contributed by atoms with E-state index in [2.05, 4.69) is 21.2 Å². The van der Waals surface area contributed by atoms with Gasteiger partial charge < -0.3 is 0 Å². The summed E-state index contributed by atoms with van der Waals surface area (Å²) in [5.41, 5.74) is 7.35. The maximum atomic E-state index is 14.0. The SMILES string of the molecule is CC[C@H](C)CN(NC(=O)[C@H](CC(C)C)[C@H](CC=Cc1ccccc1)C(=O)NOCc1ccccc1)C(=O)Cn1ccnn1. The average molecular weight is 589 g/mol. The van der Waals surface area contributed by atoms with Gasteiger partial charge in [-0.25, -0.2) is 10.2 Å². The molecule has 1 heterocycles. The molecule has 0 saturated heterocycles. The smallest absolute Gasteiger partial charge is 0.262 e. The van der Waals surface area contributed by atoms with Gasteiger partial charge in [0.05, 0.1) is 24.6 Å². The molecule has 3 rings (SSSR count). The Morgan fingerprint density at radius 3 is 2.30 bits per heavy atom. The first-order valence-electron chi connectivity index (χ1n) is 14.9. The molecular weight excluding hydrogens is 544 g/mol. The summed E-state index contributed by atoms with van der Waals surface area (Å²) in [4.78, 5) is 46.4. The summed E-state index contributed by atoms with van der Waals surface area (Å²) in [6.45, 7) is 8.52. The first kappa shape index (κ1) is 33.2. The summed E-state index contributed by atoms with van der Waals surface area (Å²) in [6.07, 6.45) is 8.50. The lowest BCUT2D eigenvalue weighted by molar-refractivity contribution is -0.149. The van der Waals surface area contributed by atoms with Crippen LogP contribution in [0.1, 0.15) is 58.1 Å². The molecule has 43 heavy (non-hydrogen) atoms. The van der Waals surface area contributed by atoms with Crippen LogP contribution in [-0.2, 0) is 32.4 Å². The van der Waals surface area contributed by atoms with E-state index in [0.29, 0.717) is 19.4 Å². The van der Waals surface area contributed by atoms with Gasteiger partial charge in [0.2, 0.25) is 11.8 Å². The van der Waals surface area contributed by atoms with Gasteiger partial charge in [-0.05, 0) is 35.8 Å². The highest BCUT2D eigenvalue weighted by molar-refractivity contribution is 5.89. The molecule has 0 bridgehead atoms. The molecule has 0 aliphatic heterocycles. The molecule has 230 valence electrons. The van der Waals surface area contributed by atoms with Crippen LogP contribution < -0.4 is 10.9 Å². The minimum Gasteiger partial charge on any atom is -0.273 e. The van der Waals surface area contributed by atoms with E-state index in [0.717, 1.165) is 17.5 Å². The number of hydrazine groups is 1. The Balaban J connectivity index is 1.82. The van der Waals surface area contributed by atoms with E-state index in [1.54, 1.807) is 6.20 Å². The Bertz CT molecular complexity index is 1280. The van der Waals surface area contributed by atoms with Crippen molar-refractivity contribution in [3.63, 3.8) is 0 Å². The van der Waals surface area contributed by atoms with Crippen molar-refractivity contribution < 1.29 is 19.2 Å². The summed E-state index contributed by atoms with van der Waals surface area (Å²) in [7, 11) is 0. The van der Waals surface area contributed by atoms with E-state index in [1.165, 1.54) is 15.9 Å². The second-order valence-corrected chi connectivity index (χ2v) is 11.2. The van der Waals surface area contributed by atoms with Crippen molar-refractivity contribution in [3.05, 3.63) is 90.3 Å². The third kappa shape index (κ3) is 11.5. The van der Waals surface area contributed by atoms with Crippen LogP contribution in [0.25, 0.3) is 6.08 Å². The second kappa shape index (κ2) is 17.6. The van der Waals surface area contributed by atoms with E-state index >= 15 is 0 Å². The fraction of sp³-hybridized carbons (Fsp3) is 0.424. The molecule has 10 nitrogen and oxygen atoms in total. The molecule has 0 unspecified atom stereocenters. The highest BCUT2D eigenvalue weighted by Gasteiger charge is 2.35. The predicted molar refractivity (Wildman–Crippen MR) is 165 cm³/mol. The Labute approximate surface area is 254 Å². The standard InChI is InChI=1S/C33H44N6O4/c1-5-26(4)22-39(31(40)23-38-20-19-34-37-38)35-32(41)30(21-25(2)3)29(18-12-17-27-13-8-6-9-14-27)33(42)36-43-24-28-15-10-7-11-16-28/h6-17,19-20,25-26,29-30H,5,18,21-24H2,1-4H3,(H,35,41)(H,36,42)/t26-,29-,30+/m0/s1. The van der Waals surface area contributed by atoms with Gasteiger partial charge in [0, 0.05) is 12.7 Å². The van der Waals surface area contributed by atoms with Crippen LogP contribution in [0.5, 0.6) is 0 Å². The number of allylic oxidation sites excluding steroid dienone is 1. The molecule has 1 aromatic heterocycles. The fourth-order valence-corrected chi connectivity index (χ4v) is 4.58. The number of hydrogen-bond acceptors (Lipinski definition) is 6. The second-order valence-electron chi connectivity index (χ2n) is 11.2. The molecular formula is C33H44N6O4. The molecule has 0 spiro atoms. The number of hydrogen-bond donors (Lipinski definition) is 2. The van der Waals surface area contributed by atoms with Crippen LogP contribution in [0, 0.1) is 23.7 Å². The summed E-state index contributed by atoms with van der Waals surface area (Å²) in [5, 5.41) is 9.00. The van der Waals surface area contributed by atoms with Crippen LogP contribution in [0.3, 0.4) is 0 Å². The van der Waals surface area contributed by atoms with Gasteiger partial charge in [-0.2, -0.15) is 0 Å². The third-order valence-electron chi connectivity index (χ3n) is 7.15. The number of carbonyl (C=O) groups is 3. The number of nitrogens with one attached hydrogen (secondary N) is 2. The monoisotopic (exact) mass is 588 g/mol. The maximum absolute atomic E-state index is 14.0. The van der Waals surface area contributed by atoms with E-state index in [-0.39, 0.29) is 36.8 Å². The van der Waals surface area contributed by atoms with Gasteiger partial charge in [-0.15, -0.1) is 5.10 Å². The van der Waals surface area contributed by atoms with Crippen molar-refractivity contribution in [3.8, 4) is 0 Å². The van der Waals surface area contributed by atoms with Gasteiger partial charge in [0.1, 0.15) is 6.54 Å². The van der Waals surface area contributed by atoms with E-state index in [1.807, 2.05) is 101 Å². The first-order chi connectivity index (χ1) is 20.8. The zero-order valence-corrected chi connectivity index (χ0v) is 25.6. The topological polar surface area (TPSA) is 118 Å². The van der Waals surface area contributed by atoms with E-state index in [4.69, 9.17) is 4.84 Å². The number of rotatable bonds is 16. The highest BCUT2D eigenvalue weighted by atomic mass is 16.6. The van der Waals surface area contributed by atoms with Crippen LogP contribution >= 0.6 is 0 Å². The minimum absolute atomic E-state index is 0.0668. The van der Waals surface area contributed by atoms with Gasteiger partial charge in [0.15, 0.2) is 0 Å². The molecule has 0 saturated carbocycles. The zero-order chi connectivity index (χ0) is 31.0. The molecule has 0 aliphatic carbocycles. The predicted octanol–water partition coefficient (Wildman–Crippen LogP) is 4.81. The number of aromatic nitrogens is 3. The number of nitrogens with zero attached hydrogens (tertiary/aromatic N) is 4. The molecule has 0 radical (unpaired) electrons. The Morgan fingerprint density at radius 2 is 1.67 bits per heavy atom. The quantitative estimate of drug-likeness (QED) is 0.232. The summed E-state index contributed by atoms with van der Waals surface area (Å²) in [6, 6.07) is 19.3. The van der Waals surface area contributed by atoms with Gasteiger partial charge in [-0.3, -0.25) is 29.7 Å². The molecule has 3 amide bonds. The van der Waals surface area contributed by atoms with Gasteiger partial charge >= 0.3 is 0 Å². The first-order valence-corrected chi connectivity index (χ1v) is 14.9. The van der Waals surface area contributed by atoms with E-state index in [9.17, 15) is 14.4 Å². The van der Waals surface area contributed by atoms with Crippen molar-refractivity contribution in [2.45, 2.75) is 60.1 Å². The summed E-state index contributed by atoms with van der Waals surface area (Å²) < 4.78 is 1.42. The Hall–Kier alpha value is -4.31. The van der Waals surface area contributed by atoms with Crippen molar-refractivity contribution in [1.82, 2.24) is 30.9 Å². The number of amides is 3. The van der Waals surface area contributed by atoms with Gasteiger partial charge in [-0.1, -0.05) is 112 Å². The van der Waals surface area contributed by atoms with Crippen molar-refractivity contribution in [2.75, 3.05) is 6.54 Å². The van der Waals surface area contributed by atoms with Crippen molar-refractivity contribution in [1.29, 1.82) is 0 Å². The van der Waals surface area contributed by atoms with Crippen molar-refractivity contribution >= 4 is 23.8 Å². The largest absolute Gasteiger partial charge is 0.273 e. The lowest BCUT2D eigenvalue weighted by Crippen LogP contribution is -2.53. The zero-order valence-electron chi connectivity index (χ0n) is 25.6. The lowest BCUT2D eigenvalue weighted by atomic mass is 9.82. The van der Waals surface area contributed by atoms with Crippen LogP contribution in [-0.4, -0.2) is 44.3 Å². The maximum Gasteiger partial charge on any atom is 0.262 e. The third-order valence-corrected chi connectivity index (χ3v) is 7.15. The average Bonchev–Trinajstić information content (AvgIpc) is 3.51. The van der Waals surface area contributed by atoms with Crippen LogP contribution in [0.15, 0.2) is 79.1 Å². The Kier molecular flexibility index (Phi) is 13.6. The lowest BCUT2D eigenvalue weighted by Gasteiger charge is -2.31. The highest BCUT2D eigenvalue weighted by Crippen LogP contribution is 2.26. The summed E-state index contributed by atoms with van der Waals surface area (Å²) in [5.74, 6) is -2.31. The molecule has 0 aliphatic rings. The van der Waals surface area contributed by atoms with E-state index < -0.39 is 17.7 Å². The van der Waals surface area contributed by atoms with Gasteiger partial charge in [0.25, 0.3) is 5.91 Å². The number of hydroxylamine groups is 1. The normalized spacial score (nSPS) is 13.4. The molecule has 0 fully saturated rings. The van der Waals surface area contributed by atoms with Crippen LogP contribution in [0.4, 0.5) is 0 Å². The number of benzene rings is 2. The summed E-state index contributed by atoms with van der Waals surface area (Å²) >= 11 is 0.